The van der Waals surface area contributed by atoms with E-state index in [-0.39, 0.29) is 0 Å². The van der Waals surface area contributed by atoms with Gasteiger partial charge in [0.15, 0.2) is 0 Å². The van der Waals surface area contributed by atoms with Crippen LogP contribution in [-0.4, -0.2) is 9.52 Å². The Morgan fingerprint density at radius 2 is 0.900 bits per heavy atom. The van der Waals surface area contributed by atoms with E-state index in [1.54, 1.807) is 0 Å². The third kappa shape index (κ3) is 13.1. The van der Waals surface area contributed by atoms with Crippen molar-refractivity contribution >= 4 is 28.8 Å². The first-order chi connectivity index (χ1) is 9.44. The Kier molecular flexibility index (Phi) is 17.4. The van der Waals surface area contributed by atoms with Gasteiger partial charge < -0.3 is 0 Å². The van der Waals surface area contributed by atoms with Crippen LogP contribution in [0.4, 0.5) is 0 Å². The van der Waals surface area contributed by atoms with E-state index in [0.29, 0.717) is 0 Å². The number of rotatable bonds is 0. The monoisotopic (exact) mass is 507 g/mol. The zero-order valence-corrected chi connectivity index (χ0v) is 18.4. The van der Waals surface area contributed by atoms with Crippen molar-refractivity contribution in [2.75, 3.05) is 0 Å². The van der Waals surface area contributed by atoms with Gasteiger partial charge in [-0.05, 0) is 0 Å². The molecule has 0 spiro atoms. The summed E-state index contributed by atoms with van der Waals surface area (Å²) in [5.41, 5.74) is 5.56. The van der Waals surface area contributed by atoms with Crippen LogP contribution in [0.25, 0.3) is 0 Å². The summed E-state index contributed by atoms with van der Waals surface area (Å²) < 4.78 is 0. The molecule has 0 unspecified atom stereocenters. The SMILES string of the molecule is C[SiH]C.Cc1c[cH-]cc1C.Cc1c[cH-]cc1C.[Cl][Os][Cl]. The number of hydrogen-bond acceptors (Lipinski definition) is 0. The number of aryl methyl sites for hydroxylation is 4. The van der Waals surface area contributed by atoms with Crippen LogP contribution in [0.3, 0.4) is 0 Å². The Hall–Kier alpha value is 0.133. The summed E-state index contributed by atoms with van der Waals surface area (Å²) >= 11 is -0.639. The predicted molar refractivity (Wildman–Crippen MR) is 93.6 cm³/mol. The van der Waals surface area contributed by atoms with E-state index in [2.05, 4.69) is 77.2 Å². The standard InChI is InChI=1S/2C7H9.C2H7Si.2ClH.Os/c2*1-6-4-3-5-7(6)2;1-3-2;;;/h2*3-5H,1-2H3;3H,1-2H3;2*1H;/q2*-1;;;;+2/p-2. The summed E-state index contributed by atoms with van der Waals surface area (Å²) in [4.78, 5) is 0. The molecule has 4 heteroatoms. The molecule has 1 radical (unpaired) electrons. The molecule has 117 valence electrons. The first kappa shape index (κ1) is 22.4. The van der Waals surface area contributed by atoms with Crippen molar-refractivity contribution in [1.29, 1.82) is 0 Å². The number of halogens is 2. The summed E-state index contributed by atoms with van der Waals surface area (Å²) in [5.74, 6) is 0. The first-order valence-corrected chi connectivity index (χ1v) is 15.0. The Balaban J connectivity index is 0. The molecule has 0 saturated heterocycles. The molecule has 2 aromatic carbocycles. The molecule has 20 heavy (non-hydrogen) atoms. The van der Waals surface area contributed by atoms with Crippen LogP contribution in [0, 0.1) is 27.7 Å². The average molecular weight is 507 g/mol. The van der Waals surface area contributed by atoms with Gasteiger partial charge in [0.25, 0.3) is 0 Å². The van der Waals surface area contributed by atoms with Crippen molar-refractivity contribution in [3.8, 4) is 0 Å². The van der Waals surface area contributed by atoms with Gasteiger partial charge >= 0.3 is 34.7 Å². The average Bonchev–Trinajstić information content (AvgIpc) is 2.93. The van der Waals surface area contributed by atoms with Gasteiger partial charge in [-0.25, -0.2) is 0 Å². The molecule has 0 aliphatic rings. The van der Waals surface area contributed by atoms with Crippen LogP contribution < -0.4 is 0 Å². The maximum atomic E-state index is 4.90. The summed E-state index contributed by atoms with van der Waals surface area (Å²) in [6, 6.07) is 12.6. The van der Waals surface area contributed by atoms with Crippen LogP contribution in [0.2, 0.25) is 13.1 Å². The molecule has 0 aliphatic carbocycles. The molecule has 0 atom stereocenters. The van der Waals surface area contributed by atoms with Crippen LogP contribution in [0.1, 0.15) is 22.3 Å². The van der Waals surface area contributed by atoms with Gasteiger partial charge in [-0.3, -0.25) is 0 Å². The van der Waals surface area contributed by atoms with E-state index in [9.17, 15) is 0 Å². The Bertz CT molecular complexity index is 348. The van der Waals surface area contributed by atoms with Gasteiger partial charge in [0.05, 0.1) is 0 Å². The molecule has 0 amide bonds. The van der Waals surface area contributed by atoms with Crippen molar-refractivity contribution in [1.82, 2.24) is 0 Å². The Morgan fingerprint density at radius 3 is 0.950 bits per heavy atom. The summed E-state index contributed by atoms with van der Waals surface area (Å²) in [6.07, 6.45) is 0. The van der Waals surface area contributed by atoms with Crippen molar-refractivity contribution in [3.63, 3.8) is 0 Å². The molecular formula is C16H25Cl2OsSi-2. The molecule has 0 aromatic heterocycles. The molecule has 2 rings (SSSR count). The van der Waals surface area contributed by atoms with E-state index in [0.717, 1.165) is 9.52 Å². The van der Waals surface area contributed by atoms with Crippen molar-refractivity contribution in [2.24, 2.45) is 0 Å². The second-order valence-corrected chi connectivity index (χ2v) is 9.24. The quantitative estimate of drug-likeness (QED) is 0.307. The van der Waals surface area contributed by atoms with Gasteiger partial charge in [-0.15, -0.1) is 0 Å². The molecular weight excluding hydrogens is 481 g/mol. The molecule has 0 N–H and O–H groups in total. The van der Waals surface area contributed by atoms with Gasteiger partial charge in [-0.2, -0.15) is 58.7 Å². The fourth-order valence-corrected chi connectivity index (χ4v) is 1.20. The van der Waals surface area contributed by atoms with Gasteiger partial charge in [0, 0.05) is 9.52 Å². The third-order valence-electron chi connectivity index (χ3n) is 2.63. The predicted octanol–water partition coefficient (Wildman–Crippen LogP) is 5.94. The first-order valence-electron chi connectivity index (χ1n) is 6.41. The van der Waals surface area contributed by atoms with Crippen LogP contribution in [-0.2, 0) is 15.4 Å². The van der Waals surface area contributed by atoms with Crippen molar-refractivity contribution < 1.29 is 15.4 Å². The molecule has 0 fully saturated rings. The van der Waals surface area contributed by atoms with Gasteiger partial charge in [0.2, 0.25) is 0 Å². The molecule has 2 aromatic rings. The van der Waals surface area contributed by atoms with Crippen molar-refractivity contribution in [3.05, 3.63) is 58.7 Å². The fourth-order valence-electron chi connectivity index (χ4n) is 1.20. The summed E-state index contributed by atoms with van der Waals surface area (Å²) in [7, 11) is 10.6. The van der Waals surface area contributed by atoms with Crippen LogP contribution in [0.15, 0.2) is 36.4 Å². The second kappa shape index (κ2) is 15.5. The van der Waals surface area contributed by atoms with Gasteiger partial charge in [-0.1, -0.05) is 40.8 Å². The zero-order valence-electron chi connectivity index (χ0n) is 13.2. The van der Waals surface area contributed by atoms with E-state index in [1.807, 2.05) is 0 Å². The molecule has 0 heterocycles. The van der Waals surface area contributed by atoms with E-state index < -0.39 is 15.4 Å². The van der Waals surface area contributed by atoms with Crippen molar-refractivity contribution in [2.45, 2.75) is 40.8 Å². The normalized spacial score (nSPS) is 8.60. The van der Waals surface area contributed by atoms with Crippen LogP contribution >= 0.6 is 19.3 Å². The minimum absolute atomic E-state index is 0.639. The van der Waals surface area contributed by atoms with Crippen LogP contribution in [0.5, 0.6) is 0 Å². The number of hydrogen-bond donors (Lipinski definition) is 0. The van der Waals surface area contributed by atoms with E-state index >= 15 is 0 Å². The molecule has 0 bridgehead atoms. The summed E-state index contributed by atoms with van der Waals surface area (Å²) in [6.45, 7) is 12.9. The Morgan fingerprint density at radius 1 is 0.750 bits per heavy atom. The Labute approximate surface area is 143 Å². The zero-order chi connectivity index (χ0) is 16.0. The van der Waals surface area contributed by atoms with E-state index in [4.69, 9.17) is 19.3 Å². The van der Waals surface area contributed by atoms with Gasteiger partial charge in [0.1, 0.15) is 0 Å². The molecule has 0 nitrogen and oxygen atoms in total. The second-order valence-electron chi connectivity index (χ2n) is 4.41. The maximum absolute atomic E-state index is 4.90. The topological polar surface area (TPSA) is 0 Å². The fraction of sp³-hybridized carbons (Fsp3) is 0.375. The summed E-state index contributed by atoms with van der Waals surface area (Å²) in [5, 5.41) is 0. The molecule has 0 saturated carbocycles. The minimum atomic E-state index is -0.639. The van der Waals surface area contributed by atoms with E-state index in [1.165, 1.54) is 22.3 Å². The molecule has 0 aliphatic heterocycles. The third-order valence-corrected chi connectivity index (χ3v) is 2.63.